The summed E-state index contributed by atoms with van der Waals surface area (Å²) in [5.74, 6) is 0. The minimum atomic E-state index is 0.0777. The third-order valence-electron chi connectivity index (χ3n) is 2.16. The van der Waals surface area contributed by atoms with Crippen LogP contribution >= 0.6 is 0 Å². The normalized spacial score (nSPS) is 10.1. The van der Waals surface area contributed by atoms with Crippen LogP contribution in [0.15, 0.2) is 18.5 Å². The van der Waals surface area contributed by atoms with Gasteiger partial charge in [-0.1, -0.05) is 0 Å². The molecule has 1 heterocycles. The highest BCUT2D eigenvalue weighted by molar-refractivity contribution is 5.51. The van der Waals surface area contributed by atoms with Crippen LogP contribution < -0.4 is 4.90 Å². The van der Waals surface area contributed by atoms with E-state index in [0.717, 1.165) is 24.3 Å². The number of aromatic nitrogens is 1. The number of hydrogen-bond acceptors (Lipinski definition) is 3. The van der Waals surface area contributed by atoms with Crippen molar-refractivity contribution in [2.24, 2.45) is 0 Å². The Kier molecular flexibility index (Phi) is 3.71. The van der Waals surface area contributed by atoms with E-state index in [1.54, 1.807) is 12.4 Å². The minimum absolute atomic E-state index is 0.0777. The molecule has 0 unspecified atom stereocenters. The number of rotatable bonds is 4. The molecule has 0 aliphatic rings. The molecule has 0 saturated carbocycles. The lowest BCUT2D eigenvalue weighted by Gasteiger charge is -2.22. The highest BCUT2D eigenvalue weighted by Gasteiger charge is 2.06. The van der Waals surface area contributed by atoms with Gasteiger partial charge in [0.25, 0.3) is 0 Å². The maximum atomic E-state index is 9.10. The maximum Gasteiger partial charge on any atom is 0.0703 e. The van der Waals surface area contributed by atoms with E-state index in [2.05, 4.69) is 23.7 Å². The van der Waals surface area contributed by atoms with Crippen molar-refractivity contribution in [3.05, 3.63) is 24.0 Å². The van der Waals surface area contributed by atoms with E-state index in [4.69, 9.17) is 5.11 Å². The van der Waals surface area contributed by atoms with E-state index in [9.17, 15) is 0 Å². The Bertz CT molecular complexity index is 259. The van der Waals surface area contributed by atoms with Crippen molar-refractivity contribution < 1.29 is 5.11 Å². The summed E-state index contributed by atoms with van der Waals surface area (Å²) in [6.07, 6.45) is 3.51. The first-order chi connectivity index (χ1) is 6.33. The number of anilines is 1. The van der Waals surface area contributed by atoms with Gasteiger partial charge in [0.05, 0.1) is 18.5 Å². The van der Waals surface area contributed by atoms with Gasteiger partial charge in [0.1, 0.15) is 0 Å². The molecule has 13 heavy (non-hydrogen) atoms. The number of aliphatic hydroxyl groups excluding tert-OH is 1. The van der Waals surface area contributed by atoms with Gasteiger partial charge in [-0.25, -0.2) is 0 Å². The number of pyridine rings is 1. The van der Waals surface area contributed by atoms with Crippen LogP contribution in [0.4, 0.5) is 5.69 Å². The van der Waals surface area contributed by atoms with Crippen molar-refractivity contribution in [1.29, 1.82) is 0 Å². The fraction of sp³-hybridized carbons (Fsp3) is 0.500. The van der Waals surface area contributed by atoms with Gasteiger partial charge in [-0.3, -0.25) is 4.98 Å². The molecular formula is C10H16N2O. The van der Waals surface area contributed by atoms with Gasteiger partial charge in [0.2, 0.25) is 0 Å². The lowest BCUT2D eigenvalue weighted by atomic mass is 10.2. The summed E-state index contributed by atoms with van der Waals surface area (Å²) in [5, 5.41) is 9.10. The van der Waals surface area contributed by atoms with Gasteiger partial charge in [0, 0.05) is 24.8 Å². The minimum Gasteiger partial charge on any atom is -0.392 e. The molecule has 3 nitrogen and oxygen atoms in total. The summed E-state index contributed by atoms with van der Waals surface area (Å²) in [5.41, 5.74) is 1.98. The first kappa shape index (κ1) is 9.99. The fourth-order valence-corrected chi connectivity index (χ4v) is 1.40. The van der Waals surface area contributed by atoms with Crippen LogP contribution in [-0.2, 0) is 6.61 Å². The Balaban J connectivity index is 2.96. The standard InChI is InChI=1S/C10H16N2O/c1-3-12(4-2)10-7-11-6-5-9(10)8-13/h5-7,13H,3-4,8H2,1-2H3. The molecule has 0 saturated heterocycles. The van der Waals surface area contributed by atoms with Crippen LogP contribution in [0.1, 0.15) is 19.4 Å². The van der Waals surface area contributed by atoms with Crippen LogP contribution in [0.25, 0.3) is 0 Å². The van der Waals surface area contributed by atoms with Crippen molar-refractivity contribution in [3.8, 4) is 0 Å². The predicted molar refractivity (Wildman–Crippen MR) is 53.7 cm³/mol. The zero-order chi connectivity index (χ0) is 9.68. The molecule has 0 aliphatic carbocycles. The Morgan fingerprint density at radius 3 is 2.62 bits per heavy atom. The quantitative estimate of drug-likeness (QED) is 0.761. The highest BCUT2D eigenvalue weighted by atomic mass is 16.3. The van der Waals surface area contributed by atoms with Crippen molar-refractivity contribution in [2.75, 3.05) is 18.0 Å². The largest absolute Gasteiger partial charge is 0.392 e. The summed E-state index contributed by atoms with van der Waals surface area (Å²) in [6, 6.07) is 1.85. The van der Waals surface area contributed by atoms with Crippen LogP contribution in [0, 0.1) is 0 Å². The number of nitrogens with zero attached hydrogens (tertiary/aromatic N) is 2. The highest BCUT2D eigenvalue weighted by Crippen LogP contribution is 2.18. The summed E-state index contributed by atoms with van der Waals surface area (Å²) >= 11 is 0. The Labute approximate surface area is 79.0 Å². The first-order valence-electron chi connectivity index (χ1n) is 4.62. The van der Waals surface area contributed by atoms with Gasteiger partial charge in [0.15, 0.2) is 0 Å². The maximum absolute atomic E-state index is 9.10. The molecule has 1 aromatic rings. The van der Waals surface area contributed by atoms with Crippen molar-refractivity contribution in [1.82, 2.24) is 4.98 Å². The monoisotopic (exact) mass is 180 g/mol. The second-order valence-electron chi connectivity index (χ2n) is 2.83. The molecule has 0 bridgehead atoms. The molecule has 3 heteroatoms. The van der Waals surface area contributed by atoms with E-state index in [1.165, 1.54) is 0 Å². The van der Waals surface area contributed by atoms with E-state index < -0.39 is 0 Å². The van der Waals surface area contributed by atoms with Gasteiger partial charge in [-0.05, 0) is 19.9 Å². The number of hydrogen-bond donors (Lipinski definition) is 1. The molecule has 1 N–H and O–H groups in total. The molecule has 0 amide bonds. The van der Waals surface area contributed by atoms with Crippen LogP contribution in [0.2, 0.25) is 0 Å². The van der Waals surface area contributed by atoms with Crippen LogP contribution in [0.3, 0.4) is 0 Å². The molecule has 0 atom stereocenters. The third kappa shape index (κ3) is 2.18. The fourth-order valence-electron chi connectivity index (χ4n) is 1.40. The van der Waals surface area contributed by atoms with Crippen LogP contribution in [-0.4, -0.2) is 23.2 Å². The van der Waals surface area contributed by atoms with Crippen molar-refractivity contribution in [2.45, 2.75) is 20.5 Å². The zero-order valence-corrected chi connectivity index (χ0v) is 8.20. The SMILES string of the molecule is CCN(CC)c1cnccc1CO. The second-order valence-corrected chi connectivity index (χ2v) is 2.83. The van der Waals surface area contributed by atoms with Gasteiger partial charge in [-0.15, -0.1) is 0 Å². The Morgan fingerprint density at radius 2 is 2.08 bits per heavy atom. The Morgan fingerprint density at radius 1 is 1.38 bits per heavy atom. The van der Waals surface area contributed by atoms with E-state index in [0.29, 0.717) is 0 Å². The summed E-state index contributed by atoms with van der Waals surface area (Å²) in [6.45, 7) is 6.15. The topological polar surface area (TPSA) is 36.4 Å². The van der Waals surface area contributed by atoms with Crippen molar-refractivity contribution in [3.63, 3.8) is 0 Å². The lowest BCUT2D eigenvalue weighted by molar-refractivity contribution is 0.282. The smallest absolute Gasteiger partial charge is 0.0703 e. The number of aliphatic hydroxyl groups is 1. The van der Waals surface area contributed by atoms with Gasteiger partial charge < -0.3 is 10.0 Å². The van der Waals surface area contributed by atoms with Crippen molar-refractivity contribution >= 4 is 5.69 Å². The zero-order valence-electron chi connectivity index (χ0n) is 8.20. The summed E-state index contributed by atoms with van der Waals surface area (Å²) < 4.78 is 0. The Hall–Kier alpha value is -1.09. The van der Waals surface area contributed by atoms with Crippen LogP contribution in [0.5, 0.6) is 0 Å². The molecule has 1 aromatic heterocycles. The molecule has 0 fully saturated rings. The second kappa shape index (κ2) is 4.82. The molecular weight excluding hydrogens is 164 g/mol. The van der Waals surface area contributed by atoms with E-state index in [1.807, 2.05) is 6.07 Å². The molecule has 72 valence electrons. The third-order valence-corrected chi connectivity index (χ3v) is 2.16. The molecule has 0 radical (unpaired) electrons. The molecule has 0 aliphatic heterocycles. The molecule has 1 rings (SSSR count). The summed E-state index contributed by atoms with van der Waals surface area (Å²) in [7, 11) is 0. The summed E-state index contributed by atoms with van der Waals surface area (Å²) in [4.78, 5) is 6.24. The van der Waals surface area contributed by atoms with E-state index in [-0.39, 0.29) is 6.61 Å². The average molecular weight is 180 g/mol. The van der Waals surface area contributed by atoms with E-state index >= 15 is 0 Å². The lowest BCUT2D eigenvalue weighted by Crippen LogP contribution is -2.23. The van der Waals surface area contributed by atoms with Gasteiger partial charge >= 0.3 is 0 Å². The average Bonchev–Trinajstić information content (AvgIpc) is 2.20. The first-order valence-corrected chi connectivity index (χ1v) is 4.62. The molecule has 0 spiro atoms. The molecule has 0 aromatic carbocycles. The van der Waals surface area contributed by atoms with Gasteiger partial charge in [-0.2, -0.15) is 0 Å². The predicted octanol–water partition coefficient (Wildman–Crippen LogP) is 1.42.